The molecule has 0 aliphatic rings. The zero-order chi connectivity index (χ0) is 18.2. The van der Waals surface area contributed by atoms with Crippen LogP contribution in [-0.4, -0.2) is 30.1 Å². The SMILES string of the molecule is [CH2]CCC.[CH2]CCC.[O-]c1ccccc1C=Nc1ccccc1[O-].[Sn+2]. The molecular weight excluding hydrogens is 417 g/mol. The first-order valence-corrected chi connectivity index (χ1v) is 8.25. The predicted octanol–water partition coefficient (Wildman–Crippen LogP) is 4.44. The monoisotopic (exact) mass is 445 g/mol. The fourth-order valence-corrected chi connectivity index (χ4v) is 1.29. The molecule has 0 bridgehead atoms. The van der Waals surface area contributed by atoms with Gasteiger partial charge in [-0.1, -0.05) is 102 Å². The Kier molecular flexibility index (Phi) is 17.9. The number of aliphatic imine (C=N–C) groups is 1. The van der Waals surface area contributed by atoms with E-state index in [2.05, 4.69) is 32.7 Å². The van der Waals surface area contributed by atoms with Crippen molar-refractivity contribution in [3.05, 3.63) is 67.9 Å². The van der Waals surface area contributed by atoms with Gasteiger partial charge in [-0.3, -0.25) is 4.99 Å². The molecule has 0 amide bonds. The second-order valence-electron chi connectivity index (χ2n) is 4.97. The molecule has 25 heavy (non-hydrogen) atoms. The van der Waals surface area contributed by atoms with Gasteiger partial charge < -0.3 is 10.2 Å². The molecule has 2 rings (SSSR count). The fourth-order valence-electron chi connectivity index (χ4n) is 1.29. The number of unbranched alkanes of at least 4 members (excludes halogenated alkanes) is 2. The molecule has 0 atom stereocenters. The van der Waals surface area contributed by atoms with Gasteiger partial charge in [-0.2, -0.15) is 0 Å². The van der Waals surface area contributed by atoms with E-state index in [1.807, 2.05) is 0 Å². The van der Waals surface area contributed by atoms with E-state index < -0.39 is 0 Å². The van der Waals surface area contributed by atoms with Crippen LogP contribution in [0.25, 0.3) is 0 Å². The van der Waals surface area contributed by atoms with Gasteiger partial charge in [-0.05, 0) is 11.6 Å². The molecule has 0 saturated carbocycles. The van der Waals surface area contributed by atoms with Crippen LogP contribution in [0, 0.1) is 13.8 Å². The molecule has 0 fully saturated rings. The van der Waals surface area contributed by atoms with Crippen molar-refractivity contribution in [2.75, 3.05) is 0 Å². The van der Waals surface area contributed by atoms with Gasteiger partial charge in [-0.15, -0.1) is 5.75 Å². The molecule has 2 aromatic rings. The summed E-state index contributed by atoms with van der Waals surface area (Å²) in [5.41, 5.74) is 0.816. The zero-order valence-corrected chi connectivity index (χ0v) is 18.1. The largest absolute Gasteiger partial charge is 2.00 e. The van der Waals surface area contributed by atoms with Gasteiger partial charge in [0.05, 0.1) is 5.69 Å². The van der Waals surface area contributed by atoms with Crippen molar-refractivity contribution in [1.82, 2.24) is 0 Å². The van der Waals surface area contributed by atoms with Crippen LogP contribution in [0.1, 0.15) is 45.1 Å². The summed E-state index contributed by atoms with van der Waals surface area (Å²) in [7, 11) is 0. The van der Waals surface area contributed by atoms with Crippen molar-refractivity contribution in [1.29, 1.82) is 0 Å². The smallest absolute Gasteiger partial charge is 0.872 e. The van der Waals surface area contributed by atoms with E-state index in [0.717, 1.165) is 12.8 Å². The summed E-state index contributed by atoms with van der Waals surface area (Å²) in [5, 5.41) is 22.7. The summed E-state index contributed by atoms with van der Waals surface area (Å²) in [6.07, 6.45) is 5.97. The third-order valence-electron chi connectivity index (χ3n) is 2.83. The zero-order valence-electron chi connectivity index (χ0n) is 15.2. The third-order valence-corrected chi connectivity index (χ3v) is 2.83. The Bertz CT molecular complexity index is 530. The third kappa shape index (κ3) is 12.5. The minimum Gasteiger partial charge on any atom is -0.872 e. The molecule has 4 heteroatoms. The van der Waals surface area contributed by atoms with Crippen LogP contribution in [0.3, 0.4) is 0 Å². The summed E-state index contributed by atoms with van der Waals surface area (Å²) in [5.74, 6) is -0.253. The Morgan fingerprint density at radius 2 is 1.28 bits per heavy atom. The van der Waals surface area contributed by atoms with Gasteiger partial charge in [0.25, 0.3) is 0 Å². The minimum absolute atomic E-state index is 0. The number of para-hydroxylation sites is 3. The Labute approximate surface area is 169 Å². The maximum absolute atomic E-state index is 11.4. The van der Waals surface area contributed by atoms with Crippen molar-refractivity contribution in [2.24, 2.45) is 4.99 Å². The first-order valence-electron chi connectivity index (χ1n) is 8.25. The quantitative estimate of drug-likeness (QED) is 0.517. The molecule has 0 N–H and O–H groups in total. The number of benzene rings is 2. The number of hydrogen-bond acceptors (Lipinski definition) is 3. The van der Waals surface area contributed by atoms with E-state index in [1.165, 1.54) is 31.2 Å². The predicted molar refractivity (Wildman–Crippen MR) is 105 cm³/mol. The van der Waals surface area contributed by atoms with Crippen LogP contribution >= 0.6 is 0 Å². The molecule has 4 radical (unpaired) electrons. The van der Waals surface area contributed by atoms with Crippen molar-refractivity contribution < 1.29 is 10.2 Å². The Morgan fingerprint density at radius 1 is 0.840 bits per heavy atom. The van der Waals surface area contributed by atoms with Crippen LogP contribution in [0.5, 0.6) is 11.5 Å². The van der Waals surface area contributed by atoms with E-state index in [1.54, 1.807) is 36.4 Å². The average Bonchev–Trinajstić information content (AvgIpc) is 2.62. The van der Waals surface area contributed by atoms with Crippen LogP contribution in [-0.2, 0) is 0 Å². The van der Waals surface area contributed by atoms with E-state index in [-0.39, 0.29) is 35.4 Å². The van der Waals surface area contributed by atoms with Gasteiger partial charge in [0, 0.05) is 6.21 Å². The van der Waals surface area contributed by atoms with E-state index >= 15 is 0 Å². The molecule has 3 nitrogen and oxygen atoms in total. The molecule has 0 aromatic heterocycles. The van der Waals surface area contributed by atoms with E-state index in [9.17, 15) is 10.2 Å². The first kappa shape index (κ1) is 25.7. The summed E-state index contributed by atoms with van der Waals surface area (Å²) in [4.78, 5) is 4.00. The molecule has 0 aliphatic carbocycles. The summed E-state index contributed by atoms with van der Waals surface area (Å²) in [6, 6.07) is 13.0. The molecule has 2 aromatic carbocycles. The van der Waals surface area contributed by atoms with Gasteiger partial charge in [0.2, 0.25) is 0 Å². The second-order valence-corrected chi connectivity index (χ2v) is 4.97. The Balaban J connectivity index is 0. The maximum Gasteiger partial charge on any atom is 2.00 e. The van der Waals surface area contributed by atoms with Crippen molar-refractivity contribution in [3.63, 3.8) is 0 Å². The Hall–Kier alpha value is -1.49. The van der Waals surface area contributed by atoms with E-state index in [4.69, 9.17) is 0 Å². The number of nitrogens with zero attached hydrogens (tertiary/aromatic N) is 1. The molecule has 0 unspecified atom stereocenters. The molecular formula is C21H27NO2Sn. The van der Waals surface area contributed by atoms with Crippen molar-refractivity contribution in [2.45, 2.75) is 39.5 Å². The number of rotatable bonds is 4. The molecule has 0 aliphatic heterocycles. The first-order chi connectivity index (χ1) is 11.6. The van der Waals surface area contributed by atoms with Crippen molar-refractivity contribution >= 4 is 35.8 Å². The molecule has 0 saturated heterocycles. The molecule has 132 valence electrons. The molecule has 0 heterocycles. The van der Waals surface area contributed by atoms with Crippen LogP contribution in [0.4, 0.5) is 5.69 Å². The Morgan fingerprint density at radius 3 is 1.72 bits per heavy atom. The van der Waals surface area contributed by atoms with Crippen LogP contribution in [0.2, 0.25) is 0 Å². The van der Waals surface area contributed by atoms with Crippen LogP contribution in [0.15, 0.2) is 53.5 Å². The topological polar surface area (TPSA) is 58.5 Å². The standard InChI is InChI=1S/C13H11NO2.2C4H9.Sn/c15-12-7-3-1-5-10(12)9-14-11-6-2-4-8-13(11)16;2*1-3-4-2;/h1-9,15-16H;2*1,3-4H2,2H3;/q;;;+2/p-2. The summed E-state index contributed by atoms with van der Waals surface area (Å²) >= 11 is 0. The normalized spacial score (nSPS) is 9.28. The second kappa shape index (κ2) is 17.3. The van der Waals surface area contributed by atoms with Crippen LogP contribution < -0.4 is 10.2 Å². The minimum atomic E-state index is -0.151. The summed E-state index contributed by atoms with van der Waals surface area (Å²) in [6.45, 7) is 11.4. The molecule has 0 spiro atoms. The van der Waals surface area contributed by atoms with E-state index in [0.29, 0.717) is 11.3 Å². The summed E-state index contributed by atoms with van der Waals surface area (Å²) < 4.78 is 0. The number of hydrogen-bond donors (Lipinski definition) is 0. The van der Waals surface area contributed by atoms with Gasteiger partial charge in [0.1, 0.15) is 0 Å². The average molecular weight is 444 g/mol. The van der Waals surface area contributed by atoms with Gasteiger partial charge in [0.15, 0.2) is 0 Å². The maximum atomic E-state index is 11.4. The van der Waals surface area contributed by atoms with Gasteiger partial charge >= 0.3 is 23.9 Å². The fraction of sp³-hybridized carbons (Fsp3) is 0.286. The van der Waals surface area contributed by atoms with Gasteiger partial charge in [-0.25, -0.2) is 0 Å². The van der Waals surface area contributed by atoms with Crippen molar-refractivity contribution in [3.8, 4) is 11.5 Å².